The minimum Gasteiger partial charge on any atom is -0.483 e. The molecule has 0 spiro atoms. The summed E-state index contributed by atoms with van der Waals surface area (Å²) in [6.45, 7) is 3.95. The van der Waals surface area contributed by atoms with Gasteiger partial charge in [0.05, 0.1) is 0 Å². The summed E-state index contributed by atoms with van der Waals surface area (Å²) >= 11 is 0. The highest BCUT2D eigenvalue weighted by molar-refractivity contribution is 5.99. The third-order valence-corrected chi connectivity index (χ3v) is 4.25. The summed E-state index contributed by atoms with van der Waals surface area (Å²) in [5.74, 6) is -1.19. The third kappa shape index (κ3) is 2.97. The van der Waals surface area contributed by atoms with Crippen molar-refractivity contribution in [1.82, 2.24) is 0 Å². The molecule has 1 N–H and O–H groups in total. The molecule has 1 atom stereocenters. The molecule has 124 valence electrons. The Hall–Kier alpha value is -2.82. The SMILES string of the molecule is Cc1ccc(OCC(=O)N2CC(C(=O)O)c3ccccc32)c(C)c1. The van der Waals surface area contributed by atoms with Gasteiger partial charge in [0.25, 0.3) is 5.91 Å². The molecule has 0 aliphatic carbocycles. The van der Waals surface area contributed by atoms with Gasteiger partial charge in [-0.2, -0.15) is 0 Å². The number of aliphatic carboxylic acids is 1. The number of carboxylic acids is 1. The zero-order valence-electron chi connectivity index (χ0n) is 13.7. The third-order valence-electron chi connectivity index (χ3n) is 4.25. The Kier molecular flexibility index (Phi) is 4.25. The van der Waals surface area contributed by atoms with Crippen LogP contribution in [0.5, 0.6) is 5.75 Å². The van der Waals surface area contributed by atoms with Crippen molar-refractivity contribution in [3.63, 3.8) is 0 Å². The Morgan fingerprint density at radius 1 is 1.21 bits per heavy atom. The lowest BCUT2D eigenvalue weighted by Crippen LogP contribution is -2.35. The Balaban J connectivity index is 1.75. The van der Waals surface area contributed by atoms with Gasteiger partial charge in [-0.1, -0.05) is 35.9 Å². The first kappa shape index (κ1) is 16.1. The van der Waals surface area contributed by atoms with E-state index in [2.05, 4.69) is 0 Å². The lowest BCUT2D eigenvalue weighted by Gasteiger charge is -2.18. The maximum Gasteiger partial charge on any atom is 0.312 e. The molecule has 1 aliphatic heterocycles. The molecule has 1 amide bonds. The van der Waals surface area contributed by atoms with Crippen molar-refractivity contribution in [2.75, 3.05) is 18.1 Å². The fraction of sp³-hybridized carbons (Fsp3) is 0.263. The molecule has 1 aliphatic rings. The summed E-state index contributed by atoms with van der Waals surface area (Å²) in [6, 6.07) is 12.9. The van der Waals surface area contributed by atoms with Gasteiger partial charge in [0.2, 0.25) is 0 Å². The highest BCUT2D eigenvalue weighted by Gasteiger charge is 2.36. The zero-order valence-corrected chi connectivity index (χ0v) is 13.7. The minimum atomic E-state index is -0.923. The summed E-state index contributed by atoms with van der Waals surface area (Å²) in [5, 5.41) is 9.36. The van der Waals surface area contributed by atoms with Crippen molar-refractivity contribution in [1.29, 1.82) is 0 Å². The van der Waals surface area contributed by atoms with Gasteiger partial charge >= 0.3 is 5.97 Å². The largest absolute Gasteiger partial charge is 0.483 e. The first-order chi connectivity index (χ1) is 11.5. The van der Waals surface area contributed by atoms with Crippen LogP contribution >= 0.6 is 0 Å². The number of nitrogens with zero attached hydrogens (tertiary/aromatic N) is 1. The van der Waals surface area contributed by atoms with Gasteiger partial charge in [0, 0.05) is 12.2 Å². The van der Waals surface area contributed by atoms with Crippen molar-refractivity contribution < 1.29 is 19.4 Å². The molecule has 2 aromatic carbocycles. The Morgan fingerprint density at radius 3 is 2.67 bits per heavy atom. The normalized spacial score (nSPS) is 15.9. The summed E-state index contributed by atoms with van der Waals surface area (Å²) in [5.41, 5.74) is 3.42. The van der Waals surface area contributed by atoms with Crippen molar-refractivity contribution in [2.45, 2.75) is 19.8 Å². The molecule has 1 unspecified atom stereocenters. The molecule has 5 nitrogen and oxygen atoms in total. The molecule has 2 aromatic rings. The topological polar surface area (TPSA) is 66.8 Å². The van der Waals surface area contributed by atoms with Gasteiger partial charge in [-0.3, -0.25) is 9.59 Å². The molecule has 0 aromatic heterocycles. The number of fused-ring (bicyclic) bond motifs is 1. The summed E-state index contributed by atoms with van der Waals surface area (Å²) < 4.78 is 5.64. The van der Waals surface area contributed by atoms with Crippen molar-refractivity contribution in [3.8, 4) is 5.75 Å². The molecular formula is C19H19NO4. The number of benzene rings is 2. The average molecular weight is 325 g/mol. The average Bonchev–Trinajstić information content (AvgIpc) is 2.94. The predicted molar refractivity (Wildman–Crippen MR) is 90.6 cm³/mol. The molecule has 5 heteroatoms. The minimum absolute atomic E-state index is 0.120. The second-order valence-corrected chi connectivity index (χ2v) is 6.01. The molecule has 3 rings (SSSR count). The highest BCUT2D eigenvalue weighted by atomic mass is 16.5. The standard InChI is InChI=1S/C19H19NO4/c1-12-7-8-17(13(2)9-12)24-11-18(21)20-10-15(19(22)23)14-5-3-4-6-16(14)20/h3-9,15H,10-11H2,1-2H3,(H,22,23). The van der Waals surface area contributed by atoms with E-state index in [1.165, 1.54) is 4.90 Å². The van der Waals surface area contributed by atoms with Crippen LogP contribution in [0.15, 0.2) is 42.5 Å². The van der Waals surface area contributed by atoms with E-state index in [9.17, 15) is 14.7 Å². The lowest BCUT2D eigenvalue weighted by atomic mass is 10.0. The fourth-order valence-corrected chi connectivity index (χ4v) is 3.03. The van der Waals surface area contributed by atoms with Crippen LogP contribution < -0.4 is 9.64 Å². The van der Waals surface area contributed by atoms with Crippen LogP contribution in [0.25, 0.3) is 0 Å². The number of hydrogen-bond donors (Lipinski definition) is 1. The molecule has 0 bridgehead atoms. The number of carboxylic acid groups (broad SMARTS) is 1. The number of anilines is 1. The van der Waals surface area contributed by atoms with Gasteiger partial charge in [-0.05, 0) is 37.1 Å². The molecule has 1 heterocycles. The van der Waals surface area contributed by atoms with E-state index in [4.69, 9.17) is 4.74 Å². The van der Waals surface area contributed by atoms with Crippen molar-refractivity contribution in [3.05, 3.63) is 59.2 Å². The fourth-order valence-electron chi connectivity index (χ4n) is 3.03. The molecule has 0 saturated heterocycles. The highest BCUT2D eigenvalue weighted by Crippen LogP contribution is 2.36. The molecule has 0 saturated carbocycles. The summed E-state index contributed by atoms with van der Waals surface area (Å²) in [4.78, 5) is 25.5. The molecular weight excluding hydrogens is 306 g/mol. The lowest BCUT2D eigenvalue weighted by molar-refractivity contribution is -0.138. The second kappa shape index (κ2) is 6.35. The predicted octanol–water partition coefficient (Wildman–Crippen LogP) is 2.90. The van der Waals surface area contributed by atoms with E-state index < -0.39 is 11.9 Å². The molecule has 0 fully saturated rings. The zero-order chi connectivity index (χ0) is 17.3. The van der Waals surface area contributed by atoms with Crippen LogP contribution in [0.3, 0.4) is 0 Å². The van der Waals surface area contributed by atoms with E-state index in [1.807, 2.05) is 32.0 Å². The number of carbonyl (C=O) groups is 2. The number of amides is 1. The Morgan fingerprint density at radius 2 is 1.96 bits per heavy atom. The first-order valence-electron chi connectivity index (χ1n) is 7.79. The van der Waals surface area contributed by atoms with Gasteiger partial charge in [0.15, 0.2) is 6.61 Å². The molecule has 0 radical (unpaired) electrons. The summed E-state index contributed by atoms with van der Waals surface area (Å²) in [7, 11) is 0. The number of hydrogen-bond acceptors (Lipinski definition) is 3. The van der Waals surface area contributed by atoms with Crippen molar-refractivity contribution >= 4 is 17.6 Å². The van der Waals surface area contributed by atoms with Crippen LogP contribution in [-0.4, -0.2) is 30.1 Å². The van der Waals surface area contributed by atoms with E-state index in [0.29, 0.717) is 17.0 Å². The monoisotopic (exact) mass is 325 g/mol. The van der Waals surface area contributed by atoms with E-state index >= 15 is 0 Å². The number of rotatable bonds is 4. The van der Waals surface area contributed by atoms with Gasteiger partial charge in [0.1, 0.15) is 11.7 Å². The number of ether oxygens (including phenoxy) is 1. The Bertz CT molecular complexity index is 800. The summed E-state index contributed by atoms with van der Waals surface area (Å²) in [6.07, 6.45) is 0. The van der Waals surface area contributed by atoms with Gasteiger partial charge in [-0.15, -0.1) is 0 Å². The number of carbonyl (C=O) groups excluding carboxylic acids is 1. The maximum absolute atomic E-state index is 12.5. The number of para-hydroxylation sites is 1. The molecule has 24 heavy (non-hydrogen) atoms. The first-order valence-corrected chi connectivity index (χ1v) is 7.79. The van der Waals surface area contributed by atoms with Gasteiger partial charge < -0.3 is 14.7 Å². The number of aryl methyl sites for hydroxylation is 2. The Labute approximate surface area is 140 Å². The maximum atomic E-state index is 12.5. The smallest absolute Gasteiger partial charge is 0.312 e. The van der Waals surface area contributed by atoms with Crippen LogP contribution in [0.4, 0.5) is 5.69 Å². The van der Waals surface area contributed by atoms with E-state index in [0.717, 1.165) is 11.1 Å². The van der Waals surface area contributed by atoms with E-state index in [-0.39, 0.29) is 19.1 Å². The quantitative estimate of drug-likeness (QED) is 0.938. The van der Waals surface area contributed by atoms with Crippen LogP contribution in [0, 0.1) is 13.8 Å². The van der Waals surface area contributed by atoms with Crippen LogP contribution in [0.2, 0.25) is 0 Å². The second-order valence-electron chi connectivity index (χ2n) is 6.01. The van der Waals surface area contributed by atoms with Crippen molar-refractivity contribution in [2.24, 2.45) is 0 Å². The van der Waals surface area contributed by atoms with Crippen LogP contribution in [-0.2, 0) is 9.59 Å². The van der Waals surface area contributed by atoms with Crippen LogP contribution in [0.1, 0.15) is 22.6 Å². The van der Waals surface area contributed by atoms with E-state index in [1.54, 1.807) is 24.3 Å². The van der Waals surface area contributed by atoms with Gasteiger partial charge in [-0.25, -0.2) is 0 Å².